The van der Waals surface area contributed by atoms with Gasteiger partial charge in [0.2, 0.25) is 5.79 Å². The predicted octanol–water partition coefficient (Wildman–Crippen LogP) is 11.4. The topological polar surface area (TPSA) is 38.7 Å². The Balaban J connectivity index is 4.10. The van der Waals surface area contributed by atoms with Gasteiger partial charge in [-0.15, -0.1) is 0 Å². The normalized spacial score (nSPS) is 13.3. The van der Waals surface area contributed by atoms with E-state index in [-0.39, 0.29) is 10.7 Å². The number of hydrogen-bond acceptors (Lipinski definition) is 3. The van der Waals surface area contributed by atoms with Crippen LogP contribution in [0.3, 0.4) is 0 Å². The molecule has 0 amide bonds. The number of unbranched alkanes of at least 4 members (excludes halogenated alkanes) is 22. The van der Waals surface area contributed by atoms with Crippen LogP contribution in [0.1, 0.15) is 188 Å². The smallest absolute Gasteiger partial charge is 0.224 e. The Kier molecular flexibility index (Phi) is 26.6. The number of hydrogen-bond donors (Lipinski definition) is 1. The molecule has 0 aromatic carbocycles. The van der Waals surface area contributed by atoms with Crippen molar-refractivity contribution in [3.8, 4) is 0 Å². The Morgan fingerprint density at radius 3 is 0.974 bits per heavy atom. The average molecular weight is 557 g/mol. The molecule has 4 heteroatoms. The molecule has 236 valence electrons. The first kappa shape index (κ1) is 38.8. The maximum Gasteiger partial charge on any atom is 0.224 e. The average Bonchev–Trinajstić information content (AvgIpc) is 2.92. The molecule has 0 aromatic heterocycles. The molecule has 1 N–H and O–H groups in total. The van der Waals surface area contributed by atoms with Crippen LogP contribution in [-0.4, -0.2) is 49.0 Å². The monoisotopic (exact) mass is 557 g/mol. The summed E-state index contributed by atoms with van der Waals surface area (Å²) in [6.07, 6.45) is 33.0. The van der Waals surface area contributed by atoms with Crippen LogP contribution < -0.4 is 0 Å². The number of quaternary nitrogens is 1. The second-order valence-corrected chi connectivity index (χ2v) is 12.8. The van der Waals surface area contributed by atoms with Gasteiger partial charge in [0, 0.05) is 6.42 Å². The third kappa shape index (κ3) is 22.2. The van der Waals surface area contributed by atoms with Crippen molar-refractivity contribution in [1.29, 1.82) is 0 Å². The van der Waals surface area contributed by atoms with E-state index < -0.39 is 5.79 Å². The van der Waals surface area contributed by atoms with E-state index >= 15 is 0 Å². The van der Waals surface area contributed by atoms with Crippen molar-refractivity contribution in [2.45, 2.75) is 200 Å². The minimum atomic E-state index is -0.714. The molecular weight excluding hydrogens is 482 g/mol. The summed E-state index contributed by atoms with van der Waals surface area (Å²) in [5.74, 6) is -0.714. The van der Waals surface area contributed by atoms with Gasteiger partial charge < -0.3 is 9.47 Å². The van der Waals surface area contributed by atoms with Crippen molar-refractivity contribution in [2.24, 2.45) is 0 Å². The van der Waals surface area contributed by atoms with Crippen molar-refractivity contribution in [1.82, 2.24) is 0 Å². The summed E-state index contributed by atoms with van der Waals surface area (Å²) in [6.45, 7) is 10.2. The van der Waals surface area contributed by atoms with Crippen LogP contribution in [0.2, 0.25) is 0 Å². The molecule has 4 nitrogen and oxygen atoms in total. The van der Waals surface area contributed by atoms with E-state index in [1.165, 1.54) is 141 Å². The molecule has 0 aliphatic carbocycles. The van der Waals surface area contributed by atoms with Crippen LogP contribution in [0.5, 0.6) is 0 Å². The van der Waals surface area contributed by atoms with E-state index in [1.54, 1.807) is 0 Å². The zero-order chi connectivity index (χ0) is 29.1. The summed E-state index contributed by atoms with van der Waals surface area (Å²) in [4.78, 5) is 0. The number of nitrogens with zero attached hydrogens (tertiary/aromatic N) is 1. The largest absolute Gasteiger partial charge is 0.345 e. The summed E-state index contributed by atoms with van der Waals surface area (Å²) in [5.41, 5.74) is 0. The van der Waals surface area contributed by atoms with E-state index in [0.717, 1.165) is 19.3 Å². The Labute approximate surface area is 246 Å². The summed E-state index contributed by atoms with van der Waals surface area (Å²) >= 11 is 0. The van der Waals surface area contributed by atoms with Gasteiger partial charge in [-0.1, -0.05) is 162 Å². The molecule has 39 heavy (non-hydrogen) atoms. The summed E-state index contributed by atoms with van der Waals surface area (Å²) < 4.78 is 12.8. The van der Waals surface area contributed by atoms with E-state index in [4.69, 9.17) is 9.47 Å². The van der Waals surface area contributed by atoms with Gasteiger partial charge in [0.05, 0.1) is 27.3 Å². The molecule has 0 saturated carbocycles. The molecule has 0 bridgehead atoms. The second kappa shape index (κ2) is 26.7. The lowest BCUT2D eigenvalue weighted by Crippen LogP contribution is -2.60. The standard InChI is InChI=1S/C35H74NO3/c1-7-10-12-14-16-18-20-22-24-26-28-30-32-38-35(9-3,34(4)36(5,6)37)39-33-31-29-27-25-23-21-19-17-15-13-11-8-2/h34,37H,7-33H2,1-6H3/q+1. The minimum Gasteiger partial charge on any atom is -0.345 e. The molecule has 0 heterocycles. The fourth-order valence-corrected chi connectivity index (χ4v) is 5.64. The molecule has 1 atom stereocenters. The fraction of sp³-hybridized carbons (Fsp3) is 1.00. The third-order valence-electron chi connectivity index (χ3n) is 8.77. The molecule has 0 rings (SSSR count). The molecule has 0 saturated heterocycles. The molecule has 0 aliphatic rings. The minimum absolute atomic E-state index is 0.134. The highest BCUT2D eigenvalue weighted by molar-refractivity contribution is 4.76. The maximum absolute atomic E-state index is 10.7. The van der Waals surface area contributed by atoms with Crippen LogP contribution in [0.4, 0.5) is 0 Å². The first-order chi connectivity index (χ1) is 18.8. The number of ether oxygens (including phenoxy) is 2. The van der Waals surface area contributed by atoms with Crippen LogP contribution in [-0.2, 0) is 9.47 Å². The van der Waals surface area contributed by atoms with Crippen molar-refractivity contribution in [2.75, 3.05) is 27.3 Å². The van der Waals surface area contributed by atoms with E-state index in [9.17, 15) is 5.21 Å². The van der Waals surface area contributed by atoms with E-state index in [1.807, 2.05) is 14.1 Å². The van der Waals surface area contributed by atoms with Crippen molar-refractivity contribution >= 4 is 0 Å². The van der Waals surface area contributed by atoms with Crippen LogP contribution >= 0.6 is 0 Å². The zero-order valence-electron chi connectivity index (χ0n) is 27.9. The molecule has 0 aromatic rings. The maximum atomic E-state index is 10.7. The second-order valence-electron chi connectivity index (χ2n) is 12.8. The first-order valence-electron chi connectivity index (χ1n) is 17.7. The van der Waals surface area contributed by atoms with Crippen LogP contribution in [0, 0.1) is 0 Å². The fourth-order valence-electron chi connectivity index (χ4n) is 5.64. The van der Waals surface area contributed by atoms with Gasteiger partial charge in [0.15, 0.2) is 6.04 Å². The van der Waals surface area contributed by atoms with Gasteiger partial charge in [0.25, 0.3) is 0 Å². The predicted molar refractivity (Wildman–Crippen MR) is 170 cm³/mol. The summed E-state index contributed by atoms with van der Waals surface area (Å²) in [6, 6.07) is -0.142. The number of hydroxylamine groups is 3. The Hall–Kier alpha value is -0.160. The highest BCUT2D eigenvalue weighted by Crippen LogP contribution is 2.29. The molecule has 0 spiro atoms. The van der Waals surface area contributed by atoms with Crippen molar-refractivity contribution in [3.05, 3.63) is 0 Å². The summed E-state index contributed by atoms with van der Waals surface area (Å²) in [7, 11) is 3.66. The van der Waals surface area contributed by atoms with Crippen molar-refractivity contribution in [3.63, 3.8) is 0 Å². The number of likely N-dealkylation sites (N-methyl/N-ethyl adjacent to an activating group) is 1. The summed E-state index contributed by atoms with van der Waals surface area (Å²) in [5, 5.41) is 10.7. The van der Waals surface area contributed by atoms with Gasteiger partial charge in [-0.2, -0.15) is 4.65 Å². The Morgan fingerprint density at radius 1 is 0.487 bits per heavy atom. The van der Waals surface area contributed by atoms with Gasteiger partial charge in [-0.05, 0) is 19.8 Å². The van der Waals surface area contributed by atoms with Gasteiger partial charge in [-0.3, -0.25) is 0 Å². The lowest BCUT2D eigenvalue weighted by atomic mass is 10.0. The highest BCUT2D eigenvalue weighted by atomic mass is 16.7. The zero-order valence-corrected chi connectivity index (χ0v) is 27.9. The van der Waals surface area contributed by atoms with Crippen LogP contribution in [0.25, 0.3) is 0 Å². The molecule has 0 radical (unpaired) electrons. The highest BCUT2D eigenvalue weighted by Gasteiger charge is 2.46. The van der Waals surface area contributed by atoms with Crippen LogP contribution in [0.15, 0.2) is 0 Å². The lowest BCUT2D eigenvalue weighted by molar-refractivity contribution is -1.10. The molecular formula is C35H74NO3+. The first-order valence-corrected chi connectivity index (χ1v) is 17.7. The van der Waals surface area contributed by atoms with E-state index in [0.29, 0.717) is 13.2 Å². The molecule has 1 unspecified atom stereocenters. The molecule has 0 aliphatic heterocycles. The quantitative estimate of drug-likeness (QED) is 0.0399. The number of rotatable bonds is 31. The Bertz CT molecular complexity index is 461. The SMILES string of the molecule is CCCCCCCCCCCCCCOC(CC)(OCCCCCCCCCCCCCC)C(C)[N+](C)(C)O. The van der Waals surface area contributed by atoms with Gasteiger partial charge >= 0.3 is 0 Å². The van der Waals surface area contributed by atoms with Gasteiger partial charge in [0.1, 0.15) is 0 Å². The molecule has 0 fully saturated rings. The Morgan fingerprint density at radius 2 is 0.744 bits per heavy atom. The lowest BCUT2D eigenvalue weighted by Gasteiger charge is -2.42. The van der Waals surface area contributed by atoms with E-state index in [2.05, 4.69) is 27.7 Å². The van der Waals surface area contributed by atoms with Crippen molar-refractivity contribution < 1.29 is 19.3 Å². The third-order valence-corrected chi connectivity index (χ3v) is 8.77. The van der Waals surface area contributed by atoms with Gasteiger partial charge in [-0.25, -0.2) is 5.21 Å².